The highest BCUT2D eigenvalue weighted by Gasteiger charge is 2.30. The van der Waals surface area contributed by atoms with Crippen LogP contribution in [0.5, 0.6) is 0 Å². The summed E-state index contributed by atoms with van der Waals surface area (Å²) in [5, 5.41) is 8.02. The van der Waals surface area contributed by atoms with E-state index in [2.05, 4.69) is 10.1 Å². The number of aromatic nitrogens is 2. The first kappa shape index (κ1) is 17.2. The molecule has 0 aliphatic carbocycles. The zero-order valence-corrected chi connectivity index (χ0v) is 15.4. The molecule has 0 unspecified atom stereocenters. The van der Waals surface area contributed by atoms with Gasteiger partial charge in [-0.3, -0.25) is 4.79 Å². The number of carbonyl (C=O) groups excluding carboxylic acids is 1. The van der Waals surface area contributed by atoms with Crippen molar-refractivity contribution < 1.29 is 13.7 Å². The number of carbonyl (C=O) groups is 1. The summed E-state index contributed by atoms with van der Waals surface area (Å²) in [5.41, 5.74) is 0.926. The number of hydrogen-bond donors (Lipinski definition) is 0. The monoisotopic (exact) mass is 389 g/mol. The molecule has 8 heteroatoms. The van der Waals surface area contributed by atoms with Gasteiger partial charge in [-0.15, -0.1) is 11.8 Å². The van der Waals surface area contributed by atoms with Gasteiger partial charge in [0, 0.05) is 29.3 Å². The number of likely N-dealkylation sites (tertiary alicyclic amines) is 1. The maximum absolute atomic E-state index is 12.9. The molecule has 0 radical (unpaired) electrons. The van der Waals surface area contributed by atoms with E-state index < -0.39 is 0 Å². The van der Waals surface area contributed by atoms with E-state index in [0.717, 1.165) is 16.9 Å². The Bertz CT molecular complexity index is 880. The first-order valence-electron chi connectivity index (χ1n) is 8.21. The SMILES string of the molecule is O=C(CSc1ccc(F)cc1)N1CC[C@H](c2noc(-c3ccsc3)n2)C1. The molecule has 1 atom stereocenters. The topological polar surface area (TPSA) is 59.2 Å². The summed E-state index contributed by atoms with van der Waals surface area (Å²) in [6, 6.07) is 8.12. The first-order valence-corrected chi connectivity index (χ1v) is 10.1. The van der Waals surface area contributed by atoms with Crippen molar-refractivity contribution in [1.82, 2.24) is 15.0 Å². The molecular weight excluding hydrogens is 373 g/mol. The van der Waals surface area contributed by atoms with E-state index in [1.165, 1.54) is 23.9 Å². The van der Waals surface area contributed by atoms with Gasteiger partial charge in [0.05, 0.1) is 11.3 Å². The Balaban J connectivity index is 1.33. The number of hydrogen-bond acceptors (Lipinski definition) is 6. The van der Waals surface area contributed by atoms with E-state index in [9.17, 15) is 9.18 Å². The molecule has 1 aliphatic rings. The molecule has 0 N–H and O–H groups in total. The van der Waals surface area contributed by atoms with Crippen molar-refractivity contribution in [2.24, 2.45) is 0 Å². The van der Waals surface area contributed by atoms with Gasteiger partial charge in [0.1, 0.15) is 5.82 Å². The molecule has 1 aromatic carbocycles. The van der Waals surface area contributed by atoms with Crippen molar-refractivity contribution in [3.05, 3.63) is 52.7 Å². The van der Waals surface area contributed by atoms with Gasteiger partial charge in [-0.05, 0) is 42.1 Å². The van der Waals surface area contributed by atoms with Crippen LogP contribution < -0.4 is 0 Å². The van der Waals surface area contributed by atoms with Crippen molar-refractivity contribution in [3.63, 3.8) is 0 Å². The fourth-order valence-electron chi connectivity index (χ4n) is 2.87. The van der Waals surface area contributed by atoms with E-state index in [0.29, 0.717) is 30.6 Å². The summed E-state index contributed by atoms with van der Waals surface area (Å²) >= 11 is 3.00. The lowest BCUT2D eigenvalue weighted by Crippen LogP contribution is -2.30. The molecular formula is C18H16FN3O2S2. The van der Waals surface area contributed by atoms with Crippen molar-refractivity contribution in [2.75, 3.05) is 18.8 Å². The number of amides is 1. The van der Waals surface area contributed by atoms with Gasteiger partial charge in [-0.25, -0.2) is 4.39 Å². The van der Waals surface area contributed by atoms with Gasteiger partial charge in [0.2, 0.25) is 5.91 Å². The number of nitrogens with zero attached hydrogens (tertiary/aromatic N) is 3. The fourth-order valence-corrected chi connectivity index (χ4v) is 4.30. The van der Waals surface area contributed by atoms with E-state index in [1.54, 1.807) is 23.5 Å². The average Bonchev–Trinajstić information content (AvgIpc) is 3.41. The Morgan fingerprint density at radius 3 is 2.96 bits per heavy atom. The van der Waals surface area contributed by atoms with Gasteiger partial charge in [0.15, 0.2) is 5.82 Å². The molecule has 26 heavy (non-hydrogen) atoms. The van der Waals surface area contributed by atoms with Gasteiger partial charge in [-0.1, -0.05) is 5.16 Å². The van der Waals surface area contributed by atoms with Crippen LogP contribution in [0.1, 0.15) is 18.2 Å². The third-order valence-corrected chi connectivity index (χ3v) is 5.97. The first-order chi connectivity index (χ1) is 12.7. The van der Waals surface area contributed by atoms with Gasteiger partial charge < -0.3 is 9.42 Å². The van der Waals surface area contributed by atoms with E-state index in [1.807, 2.05) is 21.7 Å². The number of thiophene rings is 1. The summed E-state index contributed by atoms with van der Waals surface area (Å²) in [6.45, 7) is 1.29. The molecule has 0 spiro atoms. The summed E-state index contributed by atoms with van der Waals surface area (Å²) < 4.78 is 18.3. The Kier molecular flexibility index (Phi) is 5.03. The lowest BCUT2D eigenvalue weighted by atomic mass is 10.1. The number of benzene rings is 1. The third kappa shape index (κ3) is 3.81. The molecule has 0 saturated carbocycles. The molecule has 2 aromatic heterocycles. The Labute approximate surface area is 158 Å². The second kappa shape index (κ2) is 7.59. The molecule has 1 fully saturated rings. The van der Waals surface area contributed by atoms with Crippen LogP contribution in [0.25, 0.3) is 11.5 Å². The van der Waals surface area contributed by atoms with Crippen LogP contribution in [0.3, 0.4) is 0 Å². The third-order valence-electron chi connectivity index (χ3n) is 4.29. The highest BCUT2D eigenvalue weighted by Crippen LogP contribution is 2.29. The van der Waals surface area contributed by atoms with E-state index in [-0.39, 0.29) is 17.6 Å². The summed E-state index contributed by atoms with van der Waals surface area (Å²) in [4.78, 5) is 19.6. The lowest BCUT2D eigenvalue weighted by Gasteiger charge is -2.15. The molecule has 0 bridgehead atoms. The molecule has 1 aliphatic heterocycles. The number of rotatable bonds is 5. The molecule has 3 heterocycles. The summed E-state index contributed by atoms with van der Waals surface area (Å²) in [6.07, 6.45) is 0.829. The van der Waals surface area contributed by atoms with Crippen LogP contribution >= 0.6 is 23.1 Å². The van der Waals surface area contributed by atoms with Gasteiger partial charge in [-0.2, -0.15) is 16.3 Å². The Hall–Kier alpha value is -2.19. The molecule has 134 valence electrons. The highest BCUT2D eigenvalue weighted by molar-refractivity contribution is 8.00. The Morgan fingerprint density at radius 1 is 1.35 bits per heavy atom. The second-order valence-corrected chi connectivity index (χ2v) is 7.87. The predicted molar refractivity (Wildman–Crippen MR) is 98.7 cm³/mol. The molecule has 1 amide bonds. The quantitative estimate of drug-likeness (QED) is 0.616. The normalized spacial score (nSPS) is 17.0. The average molecular weight is 389 g/mol. The minimum absolute atomic E-state index is 0.0726. The minimum Gasteiger partial charge on any atom is -0.341 e. The minimum atomic E-state index is -0.273. The van der Waals surface area contributed by atoms with Crippen LogP contribution in [0.4, 0.5) is 4.39 Å². The molecule has 1 saturated heterocycles. The number of thioether (sulfide) groups is 1. The highest BCUT2D eigenvalue weighted by atomic mass is 32.2. The van der Waals surface area contributed by atoms with Crippen molar-refractivity contribution >= 4 is 29.0 Å². The van der Waals surface area contributed by atoms with Gasteiger partial charge >= 0.3 is 0 Å². The fraction of sp³-hybridized carbons (Fsp3) is 0.278. The second-order valence-electron chi connectivity index (χ2n) is 6.04. The van der Waals surface area contributed by atoms with Crippen molar-refractivity contribution in [2.45, 2.75) is 17.2 Å². The summed E-state index contributed by atoms with van der Waals surface area (Å²) in [5.74, 6) is 1.43. The maximum Gasteiger partial charge on any atom is 0.258 e. The lowest BCUT2D eigenvalue weighted by molar-refractivity contribution is -0.127. The van der Waals surface area contributed by atoms with Crippen LogP contribution in [0, 0.1) is 5.82 Å². The smallest absolute Gasteiger partial charge is 0.258 e. The van der Waals surface area contributed by atoms with Crippen molar-refractivity contribution in [3.8, 4) is 11.5 Å². The van der Waals surface area contributed by atoms with Crippen molar-refractivity contribution in [1.29, 1.82) is 0 Å². The van der Waals surface area contributed by atoms with E-state index in [4.69, 9.17) is 4.52 Å². The van der Waals surface area contributed by atoms with Crippen LogP contribution in [-0.4, -0.2) is 39.8 Å². The molecule has 5 nitrogen and oxygen atoms in total. The van der Waals surface area contributed by atoms with Gasteiger partial charge in [0.25, 0.3) is 5.89 Å². The Morgan fingerprint density at radius 2 is 2.19 bits per heavy atom. The zero-order chi connectivity index (χ0) is 17.9. The molecule has 4 rings (SSSR count). The largest absolute Gasteiger partial charge is 0.341 e. The predicted octanol–water partition coefficient (Wildman–Crippen LogP) is 4.05. The number of halogens is 1. The summed E-state index contributed by atoms with van der Waals surface area (Å²) in [7, 11) is 0. The zero-order valence-electron chi connectivity index (χ0n) is 13.8. The van der Waals surface area contributed by atoms with Crippen LogP contribution in [-0.2, 0) is 4.79 Å². The van der Waals surface area contributed by atoms with Crippen LogP contribution in [0.15, 0.2) is 50.5 Å². The van der Waals surface area contributed by atoms with E-state index >= 15 is 0 Å². The molecule has 3 aromatic rings. The van der Waals surface area contributed by atoms with Crippen LogP contribution in [0.2, 0.25) is 0 Å². The standard InChI is InChI=1S/C18H16FN3O2S2/c19-14-1-3-15(4-2-14)26-11-16(23)22-7-5-12(9-22)17-20-18(24-21-17)13-6-8-25-10-13/h1-4,6,8,10,12H,5,7,9,11H2/t12-/m0/s1. The maximum atomic E-state index is 12.9.